The van der Waals surface area contributed by atoms with E-state index in [0.717, 1.165) is 22.5 Å². The zero-order valence-corrected chi connectivity index (χ0v) is 18.0. The molecule has 0 fully saturated rings. The van der Waals surface area contributed by atoms with Crippen molar-refractivity contribution in [2.24, 2.45) is 0 Å². The van der Waals surface area contributed by atoms with Gasteiger partial charge in [0, 0.05) is 12.7 Å². The first-order valence-electron chi connectivity index (χ1n) is 8.98. The number of carbonyl (C=O) groups is 1. The van der Waals surface area contributed by atoms with Gasteiger partial charge in [-0.05, 0) is 66.7 Å². The molecule has 0 saturated heterocycles. The van der Waals surface area contributed by atoms with Crippen LogP contribution in [0, 0.1) is 5.82 Å². The maximum absolute atomic E-state index is 13.1. The van der Waals surface area contributed by atoms with Gasteiger partial charge in [0.05, 0.1) is 21.2 Å². The number of alkyl halides is 2. The molecule has 0 saturated carbocycles. The number of benzene rings is 3. The summed E-state index contributed by atoms with van der Waals surface area (Å²) in [6.07, 6.45) is 0. The first kappa shape index (κ1) is 23.4. The minimum atomic E-state index is -4.08. The van der Waals surface area contributed by atoms with Crippen LogP contribution in [0.4, 0.5) is 24.5 Å². The molecule has 0 atom stereocenters. The number of nitrogens with zero attached hydrogens (tertiary/aromatic N) is 1. The molecule has 32 heavy (non-hydrogen) atoms. The van der Waals surface area contributed by atoms with Gasteiger partial charge in [-0.1, -0.05) is 11.6 Å². The normalized spacial score (nSPS) is 11.3. The molecule has 3 aromatic carbocycles. The lowest BCUT2D eigenvalue weighted by Crippen LogP contribution is -2.27. The van der Waals surface area contributed by atoms with Gasteiger partial charge in [0.15, 0.2) is 0 Å². The summed E-state index contributed by atoms with van der Waals surface area (Å²) >= 11 is 6.09. The molecule has 3 aromatic rings. The van der Waals surface area contributed by atoms with Gasteiger partial charge in [0.2, 0.25) is 0 Å². The number of ether oxygens (including phenoxy) is 1. The van der Waals surface area contributed by atoms with Crippen LogP contribution in [-0.2, 0) is 10.0 Å². The second-order valence-corrected chi connectivity index (χ2v) is 8.82. The fraction of sp³-hybridized carbons (Fsp3) is 0.0952. The molecular weight excluding hydrogens is 469 g/mol. The van der Waals surface area contributed by atoms with Crippen molar-refractivity contribution in [1.82, 2.24) is 0 Å². The standard InChI is InChI=1S/C21H16ClF3N2O4S/c1-27(15-6-2-13(23)3-7-15)32(29,30)17-10-11-19(22)18(12-17)20(28)26-14-4-8-16(9-5-14)31-21(24)25/h2-12,21H,1H3,(H,26,28). The Labute approximate surface area is 187 Å². The van der Waals surface area contributed by atoms with Crippen molar-refractivity contribution in [2.45, 2.75) is 11.5 Å². The summed E-state index contributed by atoms with van der Waals surface area (Å²) in [5.41, 5.74) is 0.357. The molecule has 0 heterocycles. The molecule has 1 N–H and O–H groups in total. The third kappa shape index (κ3) is 5.32. The van der Waals surface area contributed by atoms with Crippen LogP contribution in [0.25, 0.3) is 0 Å². The Hall–Kier alpha value is -3.24. The predicted octanol–water partition coefficient (Wildman–Crippen LogP) is 5.16. The van der Waals surface area contributed by atoms with Crippen LogP contribution in [0.2, 0.25) is 5.02 Å². The van der Waals surface area contributed by atoms with E-state index in [4.69, 9.17) is 11.6 Å². The van der Waals surface area contributed by atoms with Crippen molar-refractivity contribution in [1.29, 1.82) is 0 Å². The summed E-state index contributed by atoms with van der Waals surface area (Å²) in [7, 11) is -2.79. The van der Waals surface area contributed by atoms with Gasteiger partial charge >= 0.3 is 6.61 Å². The van der Waals surface area contributed by atoms with Gasteiger partial charge in [-0.15, -0.1) is 0 Å². The topological polar surface area (TPSA) is 75.7 Å². The van der Waals surface area contributed by atoms with E-state index in [-0.39, 0.29) is 32.6 Å². The number of halogens is 4. The van der Waals surface area contributed by atoms with Crippen LogP contribution in [0.1, 0.15) is 10.4 Å². The van der Waals surface area contributed by atoms with Gasteiger partial charge in [0.25, 0.3) is 15.9 Å². The fourth-order valence-corrected chi connectivity index (χ4v) is 4.13. The molecular formula is C21H16ClF3N2O4S. The highest BCUT2D eigenvalue weighted by molar-refractivity contribution is 7.92. The van der Waals surface area contributed by atoms with E-state index in [2.05, 4.69) is 10.1 Å². The summed E-state index contributed by atoms with van der Waals surface area (Å²) in [5, 5.41) is 2.51. The van der Waals surface area contributed by atoms with E-state index in [1.807, 2.05) is 0 Å². The van der Waals surface area contributed by atoms with Crippen LogP contribution < -0.4 is 14.4 Å². The third-order valence-electron chi connectivity index (χ3n) is 4.37. The van der Waals surface area contributed by atoms with Gasteiger partial charge < -0.3 is 10.1 Å². The molecule has 11 heteroatoms. The minimum Gasteiger partial charge on any atom is -0.435 e. The molecule has 3 rings (SSSR count). The SMILES string of the molecule is CN(c1ccc(F)cc1)S(=O)(=O)c1ccc(Cl)c(C(=O)Nc2ccc(OC(F)F)cc2)c1. The number of anilines is 2. The molecule has 0 aliphatic carbocycles. The number of hydrogen-bond donors (Lipinski definition) is 1. The van der Waals surface area contributed by atoms with Crippen LogP contribution >= 0.6 is 11.6 Å². The molecule has 1 amide bonds. The van der Waals surface area contributed by atoms with Crippen molar-refractivity contribution in [3.63, 3.8) is 0 Å². The van der Waals surface area contributed by atoms with Crippen molar-refractivity contribution in [3.05, 3.63) is 83.1 Å². The smallest absolute Gasteiger partial charge is 0.387 e. The summed E-state index contributed by atoms with van der Waals surface area (Å²) < 4.78 is 68.7. The second kappa shape index (κ2) is 9.49. The third-order valence-corrected chi connectivity index (χ3v) is 6.48. The van der Waals surface area contributed by atoms with Crippen molar-refractivity contribution < 1.29 is 31.1 Å². The Morgan fingerprint density at radius 1 is 1.03 bits per heavy atom. The summed E-state index contributed by atoms with van der Waals surface area (Å²) in [6.45, 7) is -2.98. The molecule has 0 aliphatic rings. The average Bonchev–Trinajstić information content (AvgIpc) is 2.75. The largest absolute Gasteiger partial charge is 0.435 e. The zero-order valence-electron chi connectivity index (χ0n) is 16.4. The van der Waals surface area contributed by atoms with E-state index in [9.17, 15) is 26.4 Å². The Bertz CT molecular complexity index is 1220. The monoisotopic (exact) mass is 484 g/mol. The van der Waals surface area contributed by atoms with Crippen LogP contribution in [0.3, 0.4) is 0 Å². The van der Waals surface area contributed by atoms with Gasteiger partial charge in [-0.2, -0.15) is 8.78 Å². The first-order chi connectivity index (χ1) is 15.1. The Balaban J connectivity index is 1.84. The van der Waals surface area contributed by atoms with Crippen molar-refractivity contribution in [3.8, 4) is 5.75 Å². The van der Waals surface area contributed by atoms with Gasteiger partial charge in [-0.25, -0.2) is 12.8 Å². The number of rotatable bonds is 7. The molecule has 0 spiro atoms. The molecule has 0 bridgehead atoms. The molecule has 0 unspecified atom stereocenters. The maximum atomic E-state index is 13.1. The summed E-state index contributed by atoms with van der Waals surface area (Å²) in [6, 6.07) is 13.6. The van der Waals surface area contributed by atoms with E-state index in [1.165, 1.54) is 55.6 Å². The highest BCUT2D eigenvalue weighted by Gasteiger charge is 2.24. The first-order valence-corrected chi connectivity index (χ1v) is 10.8. The van der Waals surface area contributed by atoms with E-state index in [0.29, 0.717) is 0 Å². The lowest BCUT2D eigenvalue weighted by molar-refractivity contribution is -0.0498. The number of hydrogen-bond acceptors (Lipinski definition) is 4. The number of amides is 1. The highest BCUT2D eigenvalue weighted by atomic mass is 35.5. The second-order valence-electron chi connectivity index (χ2n) is 6.45. The number of nitrogens with one attached hydrogen (secondary N) is 1. The highest BCUT2D eigenvalue weighted by Crippen LogP contribution is 2.27. The van der Waals surface area contributed by atoms with Crippen molar-refractivity contribution in [2.75, 3.05) is 16.7 Å². The molecule has 168 valence electrons. The van der Waals surface area contributed by atoms with Crippen LogP contribution in [-0.4, -0.2) is 28.0 Å². The van der Waals surface area contributed by atoms with Gasteiger partial charge in [0.1, 0.15) is 11.6 Å². The lowest BCUT2D eigenvalue weighted by atomic mass is 10.2. The van der Waals surface area contributed by atoms with Crippen LogP contribution in [0.15, 0.2) is 71.6 Å². The minimum absolute atomic E-state index is 0.00328. The maximum Gasteiger partial charge on any atom is 0.387 e. The zero-order chi connectivity index (χ0) is 23.5. The van der Waals surface area contributed by atoms with Crippen LogP contribution in [0.5, 0.6) is 5.75 Å². The Morgan fingerprint density at radius 3 is 2.25 bits per heavy atom. The van der Waals surface area contributed by atoms with Gasteiger partial charge in [-0.3, -0.25) is 9.10 Å². The molecule has 0 aliphatic heterocycles. The number of carbonyl (C=O) groups excluding carboxylic acids is 1. The Kier molecular flexibility index (Phi) is 6.95. The van der Waals surface area contributed by atoms with Crippen molar-refractivity contribution >= 4 is 38.9 Å². The van der Waals surface area contributed by atoms with E-state index >= 15 is 0 Å². The average molecular weight is 485 g/mol. The molecule has 0 aromatic heterocycles. The van der Waals surface area contributed by atoms with E-state index < -0.39 is 28.4 Å². The van der Waals surface area contributed by atoms with E-state index in [1.54, 1.807) is 0 Å². The summed E-state index contributed by atoms with van der Waals surface area (Å²) in [4.78, 5) is 12.4. The predicted molar refractivity (Wildman–Crippen MR) is 114 cm³/mol. The molecule has 0 radical (unpaired) electrons. The fourth-order valence-electron chi connectivity index (χ4n) is 2.70. The Morgan fingerprint density at radius 2 is 1.66 bits per heavy atom. The quantitative estimate of drug-likeness (QED) is 0.502. The summed E-state index contributed by atoms with van der Waals surface area (Å²) in [5.74, 6) is -1.31. The lowest BCUT2D eigenvalue weighted by Gasteiger charge is -2.20. The molecule has 6 nitrogen and oxygen atoms in total. The number of sulfonamides is 1.